The third-order valence-electron chi connectivity index (χ3n) is 5.02. The fourth-order valence-corrected chi connectivity index (χ4v) is 4.86. The van der Waals surface area contributed by atoms with Gasteiger partial charge in [0.15, 0.2) is 0 Å². The molecule has 2 unspecified atom stereocenters. The Morgan fingerprint density at radius 3 is 2.57 bits per heavy atom. The minimum Gasteiger partial charge on any atom is -0.314 e. The highest BCUT2D eigenvalue weighted by Gasteiger charge is 2.38. The highest BCUT2D eigenvalue weighted by molar-refractivity contribution is 7.87. The van der Waals surface area contributed by atoms with Crippen molar-refractivity contribution in [3.05, 3.63) is 0 Å². The third-order valence-corrected chi connectivity index (χ3v) is 6.57. The van der Waals surface area contributed by atoms with Crippen molar-refractivity contribution in [2.75, 3.05) is 46.8 Å². The molecule has 21 heavy (non-hydrogen) atoms. The molecule has 2 aliphatic rings. The Morgan fingerprint density at radius 2 is 2.00 bits per heavy atom. The van der Waals surface area contributed by atoms with Gasteiger partial charge in [-0.2, -0.15) is 12.7 Å². The summed E-state index contributed by atoms with van der Waals surface area (Å²) < 4.78 is 29.3. The average Bonchev–Trinajstić information content (AvgIpc) is 2.46. The van der Waals surface area contributed by atoms with Gasteiger partial charge in [-0.1, -0.05) is 19.8 Å². The van der Waals surface area contributed by atoms with Crippen LogP contribution in [0.3, 0.4) is 0 Å². The Kier molecular flexibility index (Phi) is 5.65. The monoisotopic (exact) mass is 318 g/mol. The number of likely N-dealkylation sites (N-methyl/N-ethyl adjacent to an activating group) is 1. The van der Waals surface area contributed by atoms with Crippen LogP contribution in [0.2, 0.25) is 0 Å². The van der Waals surface area contributed by atoms with Crippen LogP contribution in [0.15, 0.2) is 0 Å². The topological polar surface area (TPSA) is 64.7 Å². The Hall–Kier alpha value is -0.210. The zero-order valence-corrected chi connectivity index (χ0v) is 14.4. The maximum absolute atomic E-state index is 12.4. The van der Waals surface area contributed by atoms with Crippen molar-refractivity contribution in [1.82, 2.24) is 19.2 Å². The molecule has 1 saturated heterocycles. The third kappa shape index (κ3) is 4.16. The van der Waals surface area contributed by atoms with Gasteiger partial charge in [0.2, 0.25) is 0 Å². The molecule has 0 aromatic rings. The van der Waals surface area contributed by atoms with Gasteiger partial charge in [-0.3, -0.25) is 0 Å². The molecule has 6 nitrogen and oxygen atoms in total. The molecule has 2 rings (SSSR count). The Morgan fingerprint density at radius 1 is 1.33 bits per heavy atom. The van der Waals surface area contributed by atoms with Gasteiger partial charge in [-0.15, -0.1) is 0 Å². The molecule has 0 aromatic carbocycles. The lowest BCUT2D eigenvalue weighted by molar-refractivity contribution is 0.0800. The lowest BCUT2D eigenvalue weighted by Gasteiger charge is -2.45. The molecule has 0 aromatic heterocycles. The van der Waals surface area contributed by atoms with E-state index in [1.165, 1.54) is 12.8 Å². The molecule has 1 saturated carbocycles. The van der Waals surface area contributed by atoms with Gasteiger partial charge in [-0.05, 0) is 32.9 Å². The number of rotatable bonds is 5. The zero-order valence-electron chi connectivity index (χ0n) is 13.6. The SMILES string of the molecule is CC1CCCC(CNS(=O)(=O)N2CCNCC2)(N(C)C)C1. The summed E-state index contributed by atoms with van der Waals surface area (Å²) in [5, 5.41) is 3.18. The first-order valence-electron chi connectivity index (χ1n) is 7.99. The first-order valence-corrected chi connectivity index (χ1v) is 9.43. The number of nitrogens with zero attached hydrogens (tertiary/aromatic N) is 2. The smallest absolute Gasteiger partial charge is 0.279 e. The molecule has 0 spiro atoms. The summed E-state index contributed by atoms with van der Waals surface area (Å²) in [7, 11) is 0.778. The summed E-state index contributed by atoms with van der Waals surface area (Å²) >= 11 is 0. The number of nitrogens with one attached hydrogen (secondary N) is 2. The lowest BCUT2D eigenvalue weighted by Crippen LogP contribution is -2.58. The molecule has 1 aliphatic carbocycles. The summed E-state index contributed by atoms with van der Waals surface area (Å²) in [6.07, 6.45) is 4.55. The van der Waals surface area contributed by atoms with E-state index in [1.54, 1.807) is 4.31 Å². The van der Waals surface area contributed by atoms with Crippen molar-refractivity contribution in [1.29, 1.82) is 0 Å². The summed E-state index contributed by atoms with van der Waals surface area (Å²) in [5.41, 5.74) is -0.0429. The van der Waals surface area contributed by atoms with Crippen molar-refractivity contribution < 1.29 is 8.42 Å². The van der Waals surface area contributed by atoms with Gasteiger partial charge in [-0.25, -0.2) is 4.72 Å². The highest BCUT2D eigenvalue weighted by atomic mass is 32.2. The second-order valence-electron chi connectivity index (χ2n) is 6.80. The van der Waals surface area contributed by atoms with E-state index < -0.39 is 10.2 Å². The Labute approximate surface area is 129 Å². The fourth-order valence-electron chi connectivity index (χ4n) is 3.56. The minimum atomic E-state index is -3.36. The largest absolute Gasteiger partial charge is 0.314 e. The van der Waals surface area contributed by atoms with Crippen LogP contribution in [0.4, 0.5) is 0 Å². The van der Waals surface area contributed by atoms with Crippen LogP contribution < -0.4 is 10.0 Å². The first-order chi connectivity index (χ1) is 9.86. The van der Waals surface area contributed by atoms with Gasteiger partial charge in [0.1, 0.15) is 0 Å². The van der Waals surface area contributed by atoms with E-state index in [0.717, 1.165) is 25.9 Å². The van der Waals surface area contributed by atoms with Gasteiger partial charge in [0.05, 0.1) is 0 Å². The van der Waals surface area contributed by atoms with Crippen molar-refractivity contribution in [2.45, 2.75) is 38.1 Å². The van der Waals surface area contributed by atoms with Gasteiger partial charge >= 0.3 is 0 Å². The lowest BCUT2D eigenvalue weighted by atomic mass is 9.75. The van der Waals surface area contributed by atoms with Crippen molar-refractivity contribution >= 4 is 10.2 Å². The molecule has 0 radical (unpaired) electrons. The molecule has 2 atom stereocenters. The molecule has 2 N–H and O–H groups in total. The predicted molar refractivity (Wildman–Crippen MR) is 85.4 cm³/mol. The molecular weight excluding hydrogens is 288 g/mol. The van der Waals surface area contributed by atoms with Crippen LogP contribution >= 0.6 is 0 Å². The second-order valence-corrected chi connectivity index (χ2v) is 8.55. The predicted octanol–water partition coefficient (Wildman–Crippen LogP) is 0.237. The van der Waals surface area contributed by atoms with Crippen LogP contribution in [0.25, 0.3) is 0 Å². The average molecular weight is 318 g/mol. The standard InChI is InChI=1S/C14H30N4O2S/c1-13-5-4-6-14(11-13,17(2)3)12-16-21(19,20)18-9-7-15-8-10-18/h13,15-16H,4-12H2,1-3H3. The van der Waals surface area contributed by atoms with E-state index in [-0.39, 0.29) is 5.54 Å². The molecule has 1 heterocycles. The van der Waals surface area contributed by atoms with E-state index in [2.05, 4.69) is 36.0 Å². The molecule has 0 bridgehead atoms. The van der Waals surface area contributed by atoms with Gasteiger partial charge < -0.3 is 10.2 Å². The molecule has 1 aliphatic heterocycles. The number of piperazine rings is 1. The molecule has 124 valence electrons. The molecule has 2 fully saturated rings. The maximum atomic E-state index is 12.4. The zero-order chi connectivity index (χ0) is 15.5. The second kappa shape index (κ2) is 6.91. The summed E-state index contributed by atoms with van der Waals surface area (Å²) in [5.74, 6) is 0.657. The highest BCUT2D eigenvalue weighted by Crippen LogP contribution is 2.35. The van der Waals surface area contributed by atoms with Crippen LogP contribution in [0.5, 0.6) is 0 Å². The van der Waals surface area contributed by atoms with Crippen LogP contribution in [0.1, 0.15) is 32.6 Å². The summed E-state index contributed by atoms with van der Waals surface area (Å²) in [4.78, 5) is 2.21. The fraction of sp³-hybridized carbons (Fsp3) is 1.00. The quantitative estimate of drug-likeness (QED) is 0.762. The summed E-state index contributed by atoms with van der Waals surface area (Å²) in [6, 6.07) is 0. The van der Waals surface area contributed by atoms with Crippen LogP contribution in [-0.2, 0) is 10.2 Å². The summed E-state index contributed by atoms with van der Waals surface area (Å²) in [6.45, 7) is 5.35. The Bertz CT molecular complexity index is 434. The molecule has 7 heteroatoms. The maximum Gasteiger partial charge on any atom is 0.279 e. The minimum absolute atomic E-state index is 0.0429. The van der Waals surface area contributed by atoms with Gasteiger partial charge in [0, 0.05) is 38.3 Å². The van der Waals surface area contributed by atoms with E-state index in [9.17, 15) is 8.42 Å². The first kappa shape index (κ1) is 17.1. The number of hydrogen-bond donors (Lipinski definition) is 2. The van der Waals surface area contributed by atoms with Crippen molar-refractivity contribution in [2.24, 2.45) is 5.92 Å². The van der Waals surface area contributed by atoms with Crippen LogP contribution in [-0.4, -0.2) is 70.0 Å². The number of hydrogen-bond acceptors (Lipinski definition) is 4. The molecular formula is C14H30N4O2S. The normalized spacial score (nSPS) is 32.5. The van der Waals surface area contributed by atoms with Gasteiger partial charge in [0.25, 0.3) is 10.2 Å². The van der Waals surface area contributed by atoms with Crippen LogP contribution in [0, 0.1) is 5.92 Å². The van der Waals surface area contributed by atoms with E-state index in [1.807, 2.05) is 0 Å². The van der Waals surface area contributed by atoms with E-state index in [4.69, 9.17) is 0 Å². The van der Waals surface area contributed by atoms with E-state index >= 15 is 0 Å². The van der Waals surface area contributed by atoms with E-state index in [0.29, 0.717) is 25.6 Å². The molecule has 0 amide bonds. The Balaban J connectivity index is 2.01. The van der Waals surface area contributed by atoms with Crippen molar-refractivity contribution in [3.8, 4) is 0 Å². The van der Waals surface area contributed by atoms with Crippen molar-refractivity contribution in [3.63, 3.8) is 0 Å².